The summed E-state index contributed by atoms with van der Waals surface area (Å²) in [4.78, 5) is 2.26. The molecule has 3 heteroatoms. The van der Waals surface area contributed by atoms with E-state index < -0.39 is 0 Å². The van der Waals surface area contributed by atoms with Gasteiger partial charge in [-0.2, -0.15) is 0 Å². The third kappa shape index (κ3) is 3.82. The molecule has 0 unspecified atom stereocenters. The van der Waals surface area contributed by atoms with E-state index in [1.54, 1.807) is 0 Å². The van der Waals surface area contributed by atoms with Crippen LogP contribution in [0.1, 0.15) is 11.1 Å². The standard InChI is InChI=1S/C16H19BrN2/c1-19(15-8-6-13(12-18)7-9-15)11-10-14-4-2-3-5-16(14)17/h2-9H,10-12,18H2,1H3. The Hall–Kier alpha value is -1.32. The number of anilines is 1. The van der Waals surface area contributed by atoms with E-state index in [4.69, 9.17) is 5.73 Å². The van der Waals surface area contributed by atoms with Crippen molar-refractivity contribution >= 4 is 21.6 Å². The Bertz CT molecular complexity index is 523. The molecule has 100 valence electrons. The summed E-state index contributed by atoms with van der Waals surface area (Å²) in [5.41, 5.74) is 9.34. The summed E-state index contributed by atoms with van der Waals surface area (Å²) in [5, 5.41) is 0. The predicted octanol–water partition coefficient (Wildman–Crippen LogP) is 3.59. The van der Waals surface area contributed by atoms with Gasteiger partial charge in [0.15, 0.2) is 0 Å². The first-order chi connectivity index (χ1) is 9.20. The van der Waals surface area contributed by atoms with Gasteiger partial charge in [0.05, 0.1) is 0 Å². The molecule has 0 spiro atoms. The molecular formula is C16H19BrN2. The third-order valence-corrected chi connectivity index (χ3v) is 4.06. The summed E-state index contributed by atoms with van der Waals surface area (Å²) >= 11 is 3.59. The van der Waals surface area contributed by atoms with E-state index >= 15 is 0 Å². The van der Waals surface area contributed by atoms with E-state index in [0.29, 0.717) is 6.54 Å². The van der Waals surface area contributed by atoms with E-state index in [9.17, 15) is 0 Å². The van der Waals surface area contributed by atoms with E-state index in [-0.39, 0.29) is 0 Å². The van der Waals surface area contributed by atoms with Gasteiger partial charge >= 0.3 is 0 Å². The zero-order chi connectivity index (χ0) is 13.7. The van der Waals surface area contributed by atoms with Crippen LogP contribution in [-0.4, -0.2) is 13.6 Å². The molecule has 0 atom stereocenters. The lowest BCUT2D eigenvalue weighted by molar-refractivity contribution is 0.873. The van der Waals surface area contributed by atoms with Gasteiger partial charge in [0.25, 0.3) is 0 Å². The summed E-state index contributed by atoms with van der Waals surface area (Å²) in [6.45, 7) is 1.59. The second kappa shape index (κ2) is 6.73. The average molecular weight is 319 g/mol. The molecule has 0 aromatic heterocycles. The van der Waals surface area contributed by atoms with Crippen molar-refractivity contribution in [1.82, 2.24) is 0 Å². The van der Waals surface area contributed by atoms with Crippen molar-refractivity contribution in [3.63, 3.8) is 0 Å². The van der Waals surface area contributed by atoms with Crippen LogP contribution < -0.4 is 10.6 Å². The fourth-order valence-electron chi connectivity index (χ4n) is 2.00. The Morgan fingerprint density at radius 2 is 1.74 bits per heavy atom. The smallest absolute Gasteiger partial charge is 0.0363 e. The summed E-state index contributed by atoms with van der Waals surface area (Å²) in [6, 6.07) is 16.8. The van der Waals surface area contributed by atoms with Crippen LogP contribution in [0.15, 0.2) is 53.0 Å². The van der Waals surface area contributed by atoms with Crippen molar-refractivity contribution in [1.29, 1.82) is 0 Å². The molecule has 0 amide bonds. The molecule has 0 aliphatic heterocycles. The Kier molecular flexibility index (Phi) is 5.00. The topological polar surface area (TPSA) is 29.3 Å². The maximum Gasteiger partial charge on any atom is 0.0363 e. The fourth-order valence-corrected chi connectivity index (χ4v) is 2.49. The highest BCUT2D eigenvalue weighted by molar-refractivity contribution is 9.10. The minimum absolute atomic E-state index is 0.598. The van der Waals surface area contributed by atoms with Crippen LogP contribution in [0.2, 0.25) is 0 Å². The number of nitrogens with zero attached hydrogens (tertiary/aromatic N) is 1. The largest absolute Gasteiger partial charge is 0.374 e. The summed E-state index contributed by atoms with van der Waals surface area (Å²) < 4.78 is 1.18. The van der Waals surface area contributed by atoms with Gasteiger partial charge < -0.3 is 10.6 Å². The first-order valence-electron chi connectivity index (χ1n) is 6.44. The van der Waals surface area contributed by atoms with Gasteiger partial charge in [-0.25, -0.2) is 0 Å². The Labute approximate surface area is 123 Å². The normalized spacial score (nSPS) is 10.5. The average Bonchev–Trinajstić information content (AvgIpc) is 2.46. The van der Waals surface area contributed by atoms with Gasteiger partial charge in [-0.3, -0.25) is 0 Å². The molecule has 0 heterocycles. The highest BCUT2D eigenvalue weighted by atomic mass is 79.9. The summed E-state index contributed by atoms with van der Waals surface area (Å²) in [6.07, 6.45) is 1.02. The third-order valence-electron chi connectivity index (χ3n) is 3.29. The van der Waals surface area contributed by atoms with Crippen LogP contribution in [0.3, 0.4) is 0 Å². The van der Waals surface area contributed by atoms with Crippen molar-refractivity contribution in [2.45, 2.75) is 13.0 Å². The van der Waals surface area contributed by atoms with Crippen LogP contribution >= 0.6 is 15.9 Å². The number of hydrogen-bond donors (Lipinski definition) is 1. The number of rotatable bonds is 5. The molecule has 2 nitrogen and oxygen atoms in total. The quantitative estimate of drug-likeness (QED) is 0.912. The molecule has 2 rings (SSSR count). The molecule has 19 heavy (non-hydrogen) atoms. The maximum atomic E-state index is 5.61. The zero-order valence-corrected chi connectivity index (χ0v) is 12.7. The molecule has 2 N–H and O–H groups in total. The number of nitrogens with two attached hydrogens (primary N) is 1. The molecule has 2 aromatic carbocycles. The second-order valence-corrected chi connectivity index (χ2v) is 5.49. The van der Waals surface area contributed by atoms with Gasteiger partial charge in [0.1, 0.15) is 0 Å². The minimum Gasteiger partial charge on any atom is -0.374 e. The monoisotopic (exact) mass is 318 g/mol. The molecular weight excluding hydrogens is 300 g/mol. The Balaban J connectivity index is 1.97. The first kappa shape index (κ1) is 14.1. The van der Waals surface area contributed by atoms with Gasteiger partial charge in [-0.15, -0.1) is 0 Å². The van der Waals surface area contributed by atoms with Crippen LogP contribution in [0.4, 0.5) is 5.69 Å². The fraction of sp³-hybridized carbons (Fsp3) is 0.250. The second-order valence-electron chi connectivity index (χ2n) is 4.63. The van der Waals surface area contributed by atoms with Crippen molar-refractivity contribution in [2.24, 2.45) is 5.73 Å². The Morgan fingerprint density at radius 3 is 2.37 bits per heavy atom. The van der Waals surface area contributed by atoms with E-state index in [1.165, 1.54) is 21.3 Å². The van der Waals surface area contributed by atoms with Gasteiger partial charge in [-0.1, -0.05) is 46.3 Å². The van der Waals surface area contributed by atoms with E-state index in [0.717, 1.165) is 13.0 Å². The van der Waals surface area contributed by atoms with Gasteiger partial charge in [0.2, 0.25) is 0 Å². The molecule has 0 saturated carbocycles. The van der Waals surface area contributed by atoms with Crippen LogP contribution in [0, 0.1) is 0 Å². The van der Waals surface area contributed by atoms with Crippen molar-refractivity contribution in [2.75, 3.05) is 18.5 Å². The number of halogens is 1. The molecule has 0 radical (unpaired) electrons. The SMILES string of the molecule is CN(CCc1ccccc1Br)c1ccc(CN)cc1. The molecule has 0 bridgehead atoms. The van der Waals surface area contributed by atoms with Crippen molar-refractivity contribution in [3.05, 3.63) is 64.1 Å². The summed E-state index contributed by atoms with van der Waals surface area (Å²) in [5.74, 6) is 0. The lowest BCUT2D eigenvalue weighted by atomic mass is 10.1. The van der Waals surface area contributed by atoms with Gasteiger partial charge in [-0.05, 0) is 35.7 Å². The number of hydrogen-bond acceptors (Lipinski definition) is 2. The van der Waals surface area contributed by atoms with Crippen LogP contribution in [0.25, 0.3) is 0 Å². The molecule has 0 saturated heterocycles. The maximum absolute atomic E-state index is 5.61. The Morgan fingerprint density at radius 1 is 1.05 bits per heavy atom. The molecule has 2 aromatic rings. The minimum atomic E-state index is 0.598. The molecule has 0 aliphatic carbocycles. The zero-order valence-electron chi connectivity index (χ0n) is 11.1. The van der Waals surface area contributed by atoms with Crippen LogP contribution in [-0.2, 0) is 13.0 Å². The van der Waals surface area contributed by atoms with Crippen LogP contribution in [0.5, 0.6) is 0 Å². The number of benzene rings is 2. The number of likely N-dealkylation sites (N-methyl/N-ethyl adjacent to an activating group) is 1. The van der Waals surface area contributed by atoms with E-state index in [1.807, 2.05) is 6.07 Å². The lowest BCUT2D eigenvalue weighted by Crippen LogP contribution is -2.20. The first-order valence-corrected chi connectivity index (χ1v) is 7.23. The molecule has 0 aliphatic rings. The molecule has 0 fully saturated rings. The lowest BCUT2D eigenvalue weighted by Gasteiger charge is -2.20. The summed E-state index contributed by atoms with van der Waals surface area (Å²) in [7, 11) is 2.12. The van der Waals surface area contributed by atoms with Crippen molar-refractivity contribution in [3.8, 4) is 0 Å². The highest BCUT2D eigenvalue weighted by Gasteiger charge is 2.03. The van der Waals surface area contributed by atoms with Crippen molar-refractivity contribution < 1.29 is 0 Å². The highest BCUT2D eigenvalue weighted by Crippen LogP contribution is 2.18. The predicted molar refractivity (Wildman–Crippen MR) is 85.4 cm³/mol. The van der Waals surface area contributed by atoms with E-state index in [2.05, 4.69) is 70.3 Å². The van der Waals surface area contributed by atoms with Gasteiger partial charge in [0, 0.05) is 30.3 Å².